The van der Waals surface area contributed by atoms with Gasteiger partial charge in [-0.1, -0.05) is 0 Å². The zero-order chi connectivity index (χ0) is 16.1. The normalized spacial score (nSPS) is 16.6. The van der Waals surface area contributed by atoms with E-state index in [0.29, 0.717) is 6.04 Å². The van der Waals surface area contributed by atoms with Crippen LogP contribution >= 0.6 is 0 Å². The Morgan fingerprint density at radius 1 is 1.30 bits per heavy atom. The molecule has 5 nitrogen and oxygen atoms in total. The summed E-state index contributed by atoms with van der Waals surface area (Å²) >= 11 is 0. The van der Waals surface area contributed by atoms with E-state index in [4.69, 9.17) is 4.42 Å². The van der Waals surface area contributed by atoms with E-state index in [1.165, 1.54) is 24.1 Å². The minimum Gasteiger partial charge on any atom is -0.468 e. The van der Waals surface area contributed by atoms with Crippen LogP contribution in [0.1, 0.15) is 30.2 Å². The van der Waals surface area contributed by atoms with Crippen LogP contribution in [-0.4, -0.2) is 43.6 Å². The minimum absolute atomic E-state index is 0.312. The predicted octanol–water partition coefficient (Wildman–Crippen LogP) is 2.67. The molecule has 0 spiro atoms. The van der Waals surface area contributed by atoms with Crippen molar-refractivity contribution in [3.8, 4) is 0 Å². The van der Waals surface area contributed by atoms with Crippen molar-refractivity contribution < 1.29 is 4.42 Å². The summed E-state index contributed by atoms with van der Waals surface area (Å²) in [5.41, 5.74) is 2.43. The molecule has 1 N–H and O–H groups in total. The summed E-state index contributed by atoms with van der Waals surface area (Å²) in [6.45, 7) is 4.01. The summed E-state index contributed by atoms with van der Waals surface area (Å²) in [7, 11) is 4.13. The summed E-state index contributed by atoms with van der Waals surface area (Å²) in [6.07, 6.45) is 8.12. The molecule has 3 rings (SSSR count). The van der Waals surface area contributed by atoms with Gasteiger partial charge in [0.25, 0.3) is 0 Å². The Kier molecular flexibility index (Phi) is 5.31. The Morgan fingerprint density at radius 2 is 2.13 bits per heavy atom. The number of rotatable bonds is 7. The molecule has 1 fully saturated rings. The number of anilines is 1. The molecule has 0 bridgehead atoms. The maximum Gasteiger partial charge on any atom is 0.122 e. The molecule has 5 heteroatoms. The standard InChI is InChI=1S/C18H26N4O/c1-21(2)16-7-8-19-12-15(16)13-20-14-17(18-6-5-11-23-18)22-9-3-4-10-22/h5-8,11-12,17,20H,3-4,9-10,13-14H2,1-2H3. The Bertz CT molecular complexity index is 591. The molecule has 0 aliphatic carbocycles. The van der Waals surface area contributed by atoms with Crippen molar-refractivity contribution in [1.82, 2.24) is 15.2 Å². The number of pyridine rings is 1. The van der Waals surface area contributed by atoms with Crippen LogP contribution in [0.3, 0.4) is 0 Å². The monoisotopic (exact) mass is 314 g/mol. The number of hydrogen-bond donors (Lipinski definition) is 1. The molecule has 1 atom stereocenters. The molecule has 1 aliphatic heterocycles. The van der Waals surface area contributed by atoms with Crippen molar-refractivity contribution in [2.24, 2.45) is 0 Å². The number of nitrogens with zero attached hydrogens (tertiary/aromatic N) is 3. The first-order valence-corrected chi connectivity index (χ1v) is 8.34. The average Bonchev–Trinajstić information content (AvgIpc) is 3.25. The second-order valence-corrected chi connectivity index (χ2v) is 6.30. The van der Waals surface area contributed by atoms with Gasteiger partial charge in [-0.25, -0.2) is 0 Å². The van der Waals surface area contributed by atoms with Gasteiger partial charge in [0.15, 0.2) is 0 Å². The van der Waals surface area contributed by atoms with Gasteiger partial charge < -0.3 is 14.6 Å². The van der Waals surface area contributed by atoms with E-state index < -0.39 is 0 Å². The van der Waals surface area contributed by atoms with E-state index in [0.717, 1.165) is 31.9 Å². The van der Waals surface area contributed by atoms with Crippen LogP contribution in [-0.2, 0) is 6.54 Å². The molecule has 0 amide bonds. The van der Waals surface area contributed by atoms with Crippen LogP contribution in [0.25, 0.3) is 0 Å². The molecule has 1 aliphatic rings. The Hall–Kier alpha value is -1.85. The number of furan rings is 1. The predicted molar refractivity (Wildman–Crippen MR) is 92.5 cm³/mol. The van der Waals surface area contributed by atoms with E-state index in [9.17, 15) is 0 Å². The SMILES string of the molecule is CN(C)c1ccncc1CNCC(c1ccco1)N1CCCC1. The van der Waals surface area contributed by atoms with Crippen molar-refractivity contribution in [1.29, 1.82) is 0 Å². The topological polar surface area (TPSA) is 44.5 Å². The Balaban J connectivity index is 1.63. The molecule has 2 aromatic heterocycles. The number of hydrogen-bond acceptors (Lipinski definition) is 5. The molecule has 2 aromatic rings. The molecule has 1 unspecified atom stereocenters. The van der Waals surface area contributed by atoms with Crippen LogP contribution in [0.15, 0.2) is 41.3 Å². The molecule has 0 aromatic carbocycles. The Labute approximate surface area is 138 Å². The quantitative estimate of drug-likeness (QED) is 0.851. The van der Waals surface area contributed by atoms with Crippen LogP contribution in [0.4, 0.5) is 5.69 Å². The van der Waals surface area contributed by atoms with Crippen molar-refractivity contribution in [2.75, 3.05) is 38.6 Å². The van der Waals surface area contributed by atoms with Crippen molar-refractivity contribution in [2.45, 2.75) is 25.4 Å². The fourth-order valence-corrected chi connectivity index (χ4v) is 3.28. The fourth-order valence-electron chi connectivity index (χ4n) is 3.28. The van der Waals surface area contributed by atoms with Crippen LogP contribution in [0, 0.1) is 0 Å². The lowest BCUT2D eigenvalue weighted by Gasteiger charge is -2.26. The van der Waals surface area contributed by atoms with Gasteiger partial charge in [-0.15, -0.1) is 0 Å². The van der Waals surface area contributed by atoms with E-state index >= 15 is 0 Å². The number of aromatic nitrogens is 1. The zero-order valence-corrected chi connectivity index (χ0v) is 14.0. The van der Waals surface area contributed by atoms with Crippen LogP contribution < -0.4 is 10.2 Å². The van der Waals surface area contributed by atoms with Gasteiger partial charge >= 0.3 is 0 Å². The third-order valence-corrected chi connectivity index (χ3v) is 4.47. The maximum absolute atomic E-state index is 5.67. The largest absolute Gasteiger partial charge is 0.468 e. The van der Waals surface area contributed by atoms with Crippen molar-refractivity contribution >= 4 is 5.69 Å². The molecule has 1 saturated heterocycles. The minimum atomic E-state index is 0.312. The van der Waals surface area contributed by atoms with Crippen molar-refractivity contribution in [3.05, 3.63) is 48.2 Å². The highest BCUT2D eigenvalue weighted by atomic mass is 16.3. The number of likely N-dealkylation sites (tertiary alicyclic amines) is 1. The highest BCUT2D eigenvalue weighted by Crippen LogP contribution is 2.25. The van der Waals surface area contributed by atoms with Gasteiger partial charge in [0.1, 0.15) is 5.76 Å². The summed E-state index contributed by atoms with van der Waals surface area (Å²) in [5.74, 6) is 1.05. The summed E-state index contributed by atoms with van der Waals surface area (Å²) in [4.78, 5) is 8.90. The van der Waals surface area contributed by atoms with Crippen molar-refractivity contribution in [3.63, 3.8) is 0 Å². The number of nitrogens with one attached hydrogen (secondary N) is 1. The van der Waals surface area contributed by atoms with E-state index in [-0.39, 0.29) is 0 Å². The lowest BCUT2D eigenvalue weighted by atomic mass is 10.1. The molecule has 23 heavy (non-hydrogen) atoms. The molecule has 0 saturated carbocycles. The van der Waals surface area contributed by atoms with Gasteiger partial charge in [-0.05, 0) is 44.1 Å². The van der Waals surface area contributed by atoms with E-state index in [1.807, 2.05) is 18.5 Å². The second-order valence-electron chi connectivity index (χ2n) is 6.30. The lowest BCUT2D eigenvalue weighted by molar-refractivity contribution is 0.209. The van der Waals surface area contributed by atoms with Gasteiger partial charge in [-0.3, -0.25) is 9.88 Å². The van der Waals surface area contributed by atoms with E-state index in [1.54, 1.807) is 6.26 Å². The fraction of sp³-hybridized carbons (Fsp3) is 0.500. The highest BCUT2D eigenvalue weighted by molar-refractivity contribution is 5.50. The molecule has 0 radical (unpaired) electrons. The molecular weight excluding hydrogens is 288 g/mol. The van der Waals surface area contributed by atoms with Gasteiger partial charge in [0.2, 0.25) is 0 Å². The molecular formula is C18H26N4O. The van der Waals surface area contributed by atoms with Gasteiger partial charge in [0.05, 0.1) is 12.3 Å². The third kappa shape index (κ3) is 3.92. The summed E-state index contributed by atoms with van der Waals surface area (Å²) < 4.78 is 5.67. The Morgan fingerprint density at radius 3 is 2.83 bits per heavy atom. The highest BCUT2D eigenvalue weighted by Gasteiger charge is 2.25. The second kappa shape index (κ2) is 7.62. The first-order valence-electron chi connectivity index (χ1n) is 8.34. The first kappa shape index (κ1) is 16.0. The third-order valence-electron chi connectivity index (χ3n) is 4.47. The summed E-state index contributed by atoms with van der Waals surface area (Å²) in [5, 5.41) is 3.59. The maximum atomic E-state index is 5.67. The van der Waals surface area contributed by atoms with E-state index in [2.05, 4.69) is 46.3 Å². The summed E-state index contributed by atoms with van der Waals surface area (Å²) in [6, 6.07) is 6.43. The van der Waals surface area contributed by atoms with Crippen LogP contribution in [0.5, 0.6) is 0 Å². The molecule has 3 heterocycles. The van der Waals surface area contributed by atoms with Gasteiger partial charge in [0, 0.05) is 50.8 Å². The lowest BCUT2D eigenvalue weighted by Crippen LogP contribution is -2.34. The molecule has 124 valence electrons. The van der Waals surface area contributed by atoms with Crippen LogP contribution in [0.2, 0.25) is 0 Å². The smallest absolute Gasteiger partial charge is 0.122 e. The van der Waals surface area contributed by atoms with Gasteiger partial charge in [-0.2, -0.15) is 0 Å². The average molecular weight is 314 g/mol. The zero-order valence-electron chi connectivity index (χ0n) is 14.0. The first-order chi connectivity index (χ1) is 11.3.